The van der Waals surface area contributed by atoms with E-state index in [9.17, 15) is 9.59 Å². The van der Waals surface area contributed by atoms with E-state index in [-0.39, 0.29) is 18.2 Å². The van der Waals surface area contributed by atoms with Crippen molar-refractivity contribution in [1.82, 2.24) is 10.3 Å². The fourth-order valence-electron chi connectivity index (χ4n) is 2.88. The van der Waals surface area contributed by atoms with E-state index in [1.54, 1.807) is 17.4 Å². The molecule has 29 heavy (non-hydrogen) atoms. The summed E-state index contributed by atoms with van der Waals surface area (Å²) in [4.78, 5) is 29.2. The van der Waals surface area contributed by atoms with Crippen molar-refractivity contribution in [3.8, 4) is 0 Å². The van der Waals surface area contributed by atoms with E-state index in [1.807, 2.05) is 53.9 Å². The van der Waals surface area contributed by atoms with E-state index in [0.29, 0.717) is 11.4 Å². The molecule has 4 aromatic rings. The minimum Gasteiger partial charge on any atom is -0.351 e. The summed E-state index contributed by atoms with van der Waals surface area (Å²) in [6.07, 6.45) is 0.993. The zero-order valence-electron chi connectivity index (χ0n) is 15.6. The highest BCUT2D eigenvalue weighted by Gasteiger charge is 2.08. The molecule has 2 N–H and O–H groups in total. The maximum atomic E-state index is 12.1. The van der Waals surface area contributed by atoms with Crippen LogP contribution in [0.15, 0.2) is 66.0 Å². The van der Waals surface area contributed by atoms with Crippen LogP contribution in [0, 0.1) is 0 Å². The molecule has 0 aliphatic rings. The number of thiophene rings is 1. The van der Waals surface area contributed by atoms with Gasteiger partial charge in [-0.3, -0.25) is 9.59 Å². The summed E-state index contributed by atoms with van der Waals surface area (Å²) in [7, 11) is 0. The van der Waals surface area contributed by atoms with Crippen LogP contribution in [-0.4, -0.2) is 23.3 Å². The van der Waals surface area contributed by atoms with Crippen molar-refractivity contribution < 1.29 is 9.59 Å². The lowest BCUT2D eigenvalue weighted by Crippen LogP contribution is -2.27. The standard InChI is InChI=1S/C22H19N3O2S2/c26-20(11-12-23-22(27)19-6-3-13-28-19)24-16-9-7-15(8-10-16)14-21-25-17-4-1-2-5-18(17)29-21/h1-10,13H,11-12,14H2,(H,23,27)(H,24,26). The molecule has 0 aliphatic carbocycles. The zero-order chi connectivity index (χ0) is 20.1. The molecule has 7 heteroatoms. The normalized spacial score (nSPS) is 10.8. The third-order valence-electron chi connectivity index (χ3n) is 4.31. The van der Waals surface area contributed by atoms with Crippen molar-refractivity contribution in [3.63, 3.8) is 0 Å². The number of aromatic nitrogens is 1. The van der Waals surface area contributed by atoms with Crippen LogP contribution in [-0.2, 0) is 11.2 Å². The molecule has 2 aromatic heterocycles. The van der Waals surface area contributed by atoms with Gasteiger partial charge in [0.25, 0.3) is 5.91 Å². The predicted molar refractivity (Wildman–Crippen MR) is 119 cm³/mol. The summed E-state index contributed by atoms with van der Waals surface area (Å²) < 4.78 is 1.19. The Hall–Kier alpha value is -3.03. The van der Waals surface area contributed by atoms with Gasteiger partial charge >= 0.3 is 0 Å². The largest absolute Gasteiger partial charge is 0.351 e. The number of nitrogens with zero attached hydrogens (tertiary/aromatic N) is 1. The first-order valence-electron chi connectivity index (χ1n) is 9.22. The summed E-state index contributed by atoms with van der Waals surface area (Å²) in [5.41, 5.74) is 2.92. The number of thiazole rings is 1. The number of rotatable bonds is 7. The van der Waals surface area contributed by atoms with Crippen LogP contribution >= 0.6 is 22.7 Å². The topological polar surface area (TPSA) is 71.1 Å². The molecule has 0 saturated carbocycles. The van der Waals surface area contributed by atoms with E-state index in [2.05, 4.69) is 21.7 Å². The third kappa shape index (κ3) is 5.07. The number of carbonyl (C=O) groups excluding carboxylic acids is 2. The van der Waals surface area contributed by atoms with Crippen molar-refractivity contribution in [2.45, 2.75) is 12.8 Å². The maximum Gasteiger partial charge on any atom is 0.261 e. The molecule has 0 unspecified atom stereocenters. The van der Waals surface area contributed by atoms with Crippen LogP contribution in [0.1, 0.15) is 26.7 Å². The van der Waals surface area contributed by atoms with Gasteiger partial charge in [0, 0.05) is 25.1 Å². The van der Waals surface area contributed by atoms with Gasteiger partial charge in [-0.25, -0.2) is 4.98 Å². The number of amides is 2. The van der Waals surface area contributed by atoms with Crippen molar-refractivity contribution in [2.75, 3.05) is 11.9 Å². The molecule has 0 spiro atoms. The van der Waals surface area contributed by atoms with Gasteiger partial charge in [0.1, 0.15) is 0 Å². The van der Waals surface area contributed by atoms with Gasteiger partial charge in [-0.15, -0.1) is 22.7 Å². The number of nitrogens with one attached hydrogen (secondary N) is 2. The Morgan fingerprint density at radius 3 is 2.55 bits per heavy atom. The Morgan fingerprint density at radius 2 is 1.79 bits per heavy atom. The van der Waals surface area contributed by atoms with E-state index in [4.69, 9.17) is 0 Å². The summed E-state index contributed by atoms with van der Waals surface area (Å²) in [6.45, 7) is 0.304. The number of hydrogen-bond acceptors (Lipinski definition) is 5. The Labute approximate surface area is 176 Å². The van der Waals surface area contributed by atoms with E-state index >= 15 is 0 Å². The van der Waals surface area contributed by atoms with Crippen molar-refractivity contribution in [2.24, 2.45) is 0 Å². The quantitative estimate of drug-likeness (QED) is 0.454. The first-order valence-corrected chi connectivity index (χ1v) is 10.9. The lowest BCUT2D eigenvalue weighted by molar-refractivity contribution is -0.116. The van der Waals surface area contributed by atoms with Gasteiger partial charge < -0.3 is 10.6 Å². The Morgan fingerprint density at radius 1 is 0.966 bits per heavy atom. The number of para-hydroxylation sites is 1. The molecule has 0 fully saturated rings. The number of benzene rings is 2. The molecular weight excluding hydrogens is 402 g/mol. The average molecular weight is 422 g/mol. The molecule has 0 bridgehead atoms. The summed E-state index contributed by atoms with van der Waals surface area (Å²) in [5, 5.41) is 8.54. The Bertz CT molecular complexity index is 1090. The molecule has 2 amide bonds. The van der Waals surface area contributed by atoms with Crippen LogP contribution in [0.4, 0.5) is 5.69 Å². The molecule has 0 atom stereocenters. The Kier molecular flexibility index (Phi) is 5.97. The first kappa shape index (κ1) is 19.3. The molecule has 4 rings (SSSR count). The maximum absolute atomic E-state index is 12.1. The minimum atomic E-state index is -0.146. The summed E-state index contributed by atoms with van der Waals surface area (Å²) in [5.74, 6) is -0.276. The monoisotopic (exact) mass is 421 g/mol. The second-order valence-electron chi connectivity index (χ2n) is 6.48. The van der Waals surface area contributed by atoms with E-state index < -0.39 is 0 Å². The molecule has 2 aromatic carbocycles. The van der Waals surface area contributed by atoms with Crippen LogP contribution in [0.2, 0.25) is 0 Å². The van der Waals surface area contributed by atoms with E-state index in [1.165, 1.54) is 16.0 Å². The van der Waals surface area contributed by atoms with Gasteiger partial charge in [-0.1, -0.05) is 30.3 Å². The van der Waals surface area contributed by atoms with Gasteiger partial charge in [0.15, 0.2) is 0 Å². The third-order valence-corrected chi connectivity index (χ3v) is 6.22. The summed E-state index contributed by atoms with van der Waals surface area (Å²) in [6, 6.07) is 19.5. The fraction of sp³-hybridized carbons (Fsp3) is 0.136. The molecular formula is C22H19N3O2S2. The summed E-state index contributed by atoms with van der Waals surface area (Å²) >= 11 is 3.08. The SMILES string of the molecule is O=C(CCNC(=O)c1cccs1)Nc1ccc(Cc2nc3ccccc3s2)cc1. The Balaban J connectivity index is 1.26. The molecule has 5 nitrogen and oxygen atoms in total. The van der Waals surface area contributed by atoms with Crippen LogP contribution in [0.5, 0.6) is 0 Å². The number of fused-ring (bicyclic) bond motifs is 1. The lowest BCUT2D eigenvalue weighted by atomic mass is 10.1. The van der Waals surface area contributed by atoms with Crippen LogP contribution in [0.25, 0.3) is 10.2 Å². The first-order chi connectivity index (χ1) is 14.2. The molecule has 2 heterocycles. The number of carbonyl (C=O) groups is 2. The van der Waals surface area contributed by atoms with Gasteiger partial charge in [-0.05, 0) is 41.3 Å². The van der Waals surface area contributed by atoms with E-state index in [0.717, 1.165) is 28.2 Å². The number of anilines is 1. The molecule has 0 saturated heterocycles. The highest BCUT2D eigenvalue weighted by atomic mass is 32.1. The molecule has 0 aliphatic heterocycles. The van der Waals surface area contributed by atoms with Gasteiger partial charge in [-0.2, -0.15) is 0 Å². The van der Waals surface area contributed by atoms with Gasteiger partial charge in [0.2, 0.25) is 5.91 Å². The number of hydrogen-bond donors (Lipinski definition) is 2. The highest BCUT2D eigenvalue weighted by molar-refractivity contribution is 7.18. The van der Waals surface area contributed by atoms with Crippen molar-refractivity contribution in [1.29, 1.82) is 0 Å². The average Bonchev–Trinajstić information content (AvgIpc) is 3.39. The minimum absolute atomic E-state index is 0.129. The predicted octanol–water partition coefficient (Wildman–Crippen LogP) is 4.71. The van der Waals surface area contributed by atoms with Gasteiger partial charge in [0.05, 0.1) is 20.1 Å². The second-order valence-corrected chi connectivity index (χ2v) is 8.54. The molecule has 0 radical (unpaired) electrons. The van der Waals surface area contributed by atoms with Crippen molar-refractivity contribution >= 4 is 50.4 Å². The fourth-order valence-corrected chi connectivity index (χ4v) is 4.53. The zero-order valence-corrected chi connectivity index (χ0v) is 17.2. The van der Waals surface area contributed by atoms with Crippen LogP contribution in [0.3, 0.4) is 0 Å². The second kappa shape index (κ2) is 8.98. The smallest absolute Gasteiger partial charge is 0.261 e. The van der Waals surface area contributed by atoms with Crippen LogP contribution < -0.4 is 10.6 Å². The molecule has 146 valence electrons. The highest BCUT2D eigenvalue weighted by Crippen LogP contribution is 2.24. The lowest BCUT2D eigenvalue weighted by Gasteiger charge is -2.07. The van der Waals surface area contributed by atoms with Crippen molar-refractivity contribution in [3.05, 3.63) is 81.5 Å².